The number of carboxylic acids is 1. The van der Waals surface area contributed by atoms with Gasteiger partial charge in [-0.25, -0.2) is 19.3 Å². The topological polar surface area (TPSA) is 124 Å². The van der Waals surface area contributed by atoms with Gasteiger partial charge < -0.3 is 24.6 Å². The van der Waals surface area contributed by atoms with Crippen LogP contribution in [0.5, 0.6) is 0 Å². The number of hydrogen-bond donors (Lipinski definition) is 2. The molecule has 278 valence electrons. The maximum atomic E-state index is 15.7. The van der Waals surface area contributed by atoms with Gasteiger partial charge in [-0.3, -0.25) is 14.7 Å². The number of anilines is 2. The summed E-state index contributed by atoms with van der Waals surface area (Å²) in [5, 5.41) is 8.92. The molecule has 52 heavy (non-hydrogen) atoms. The summed E-state index contributed by atoms with van der Waals surface area (Å²) in [6.07, 6.45) is 4.72. The van der Waals surface area contributed by atoms with Crippen LogP contribution in [0, 0.1) is 11.2 Å². The molecule has 4 aromatic heterocycles. The van der Waals surface area contributed by atoms with E-state index in [0.29, 0.717) is 93.4 Å². The molecular formula is C37H44F4N8O3. The van der Waals surface area contributed by atoms with Gasteiger partial charge in [0.05, 0.1) is 29.2 Å². The fourth-order valence-corrected chi connectivity index (χ4v) is 7.88. The van der Waals surface area contributed by atoms with E-state index in [2.05, 4.69) is 24.8 Å². The van der Waals surface area contributed by atoms with E-state index in [1.54, 1.807) is 19.4 Å². The maximum Gasteiger partial charge on any atom is 0.418 e. The number of fused-ring (bicyclic) bond motifs is 1. The molecule has 1 saturated heterocycles. The van der Waals surface area contributed by atoms with Gasteiger partial charge in [0, 0.05) is 88.2 Å². The number of halogens is 4. The summed E-state index contributed by atoms with van der Waals surface area (Å²) in [5.41, 5.74) is 1.78. The largest absolute Gasteiger partial charge is 0.481 e. The SMILES string of the molecule is COCC1(CN(C)c2cc(-c3cnc(C4CC4)c(C(F)(F)F)c3)nc3nc(-c4cnc(N5CCN(CCCC(=O)O)CC5)c(F)c4)[nH]c23)CCCC1. The van der Waals surface area contributed by atoms with Crippen molar-refractivity contribution in [1.29, 1.82) is 0 Å². The van der Waals surface area contributed by atoms with Crippen LogP contribution in [0.1, 0.15) is 68.5 Å². The normalized spacial score (nSPS) is 18.0. The predicted molar refractivity (Wildman–Crippen MR) is 189 cm³/mol. The van der Waals surface area contributed by atoms with Crippen molar-refractivity contribution in [3.05, 3.63) is 47.7 Å². The summed E-state index contributed by atoms with van der Waals surface area (Å²) < 4.78 is 64.0. The van der Waals surface area contributed by atoms with Crippen molar-refractivity contribution in [1.82, 2.24) is 29.8 Å². The highest BCUT2D eigenvalue weighted by Gasteiger charge is 2.40. The molecule has 3 fully saturated rings. The third kappa shape index (κ3) is 7.70. The molecule has 7 rings (SSSR count). The Morgan fingerprint density at radius 2 is 1.79 bits per heavy atom. The van der Waals surface area contributed by atoms with Crippen molar-refractivity contribution in [3.8, 4) is 22.6 Å². The fraction of sp³-hybridized carbons (Fsp3) is 0.541. The van der Waals surface area contributed by atoms with Crippen LogP contribution in [0.4, 0.5) is 29.1 Å². The van der Waals surface area contributed by atoms with E-state index in [9.17, 15) is 18.0 Å². The highest BCUT2D eigenvalue weighted by Crippen LogP contribution is 2.46. The molecule has 0 radical (unpaired) electrons. The second-order valence-corrected chi connectivity index (χ2v) is 14.6. The number of H-pyrrole nitrogens is 1. The van der Waals surface area contributed by atoms with Gasteiger partial charge in [0.1, 0.15) is 11.3 Å². The number of ether oxygens (including phenoxy) is 1. The number of nitrogens with one attached hydrogen (secondary N) is 1. The molecule has 15 heteroatoms. The van der Waals surface area contributed by atoms with Crippen LogP contribution in [0.15, 0.2) is 30.6 Å². The number of piperazine rings is 1. The summed E-state index contributed by atoms with van der Waals surface area (Å²) in [7, 11) is 3.65. The minimum absolute atomic E-state index is 0.0775. The first-order valence-electron chi connectivity index (χ1n) is 18.0. The van der Waals surface area contributed by atoms with Crippen LogP contribution < -0.4 is 9.80 Å². The van der Waals surface area contributed by atoms with Gasteiger partial charge in [0.15, 0.2) is 17.3 Å². The fourth-order valence-electron chi connectivity index (χ4n) is 7.88. The zero-order chi connectivity index (χ0) is 36.6. The second kappa shape index (κ2) is 14.6. The summed E-state index contributed by atoms with van der Waals surface area (Å²) >= 11 is 0. The molecule has 0 amide bonds. The van der Waals surface area contributed by atoms with Crippen molar-refractivity contribution in [3.63, 3.8) is 0 Å². The monoisotopic (exact) mass is 724 g/mol. The minimum Gasteiger partial charge on any atom is -0.481 e. The lowest BCUT2D eigenvalue weighted by atomic mass is 9.86. The van der Waals surface area contributed by atoms with Crippen molar-refractivity contribution < 1.29 is 32.2 Å². The van der Waals surface area contributed by atoms with E-state index in [1.165, 1.54) is 12.3 Å². The predicted octanol–water partition coefficient (Wildman–Crippen LogP) is 6.75. The number of nitrogens with zero attached hydrogens (tertiary/aromatic N) is 7. The van der Waals surface area contributed by atoms with Crippen LogP contribution in [0.2, 0.25) is 0 Å². The van der Waals surface area contributed by atoms with E-state index in [4.69, 9.17) is 19.8 Å². The summed E-state index contributed by atoms with van der Waals surface area (Å²) in [4.78, 5) is 38.5. The number of carboxylic acid groups (broad SMARTS) is 1. The van der Waals surface area contributed by atoms with E-state index in [1.807, 2.05) is 11.9 Å². The second-order valence-electron chi connectivity index (χ2n) is 14.6. The quantitative estimate of drug-likeness (QED) is 0.143. The molecule has 5 heterocycles. The minimum atomic E-state index is -4.56. The van der Waals surface area contributed by atoms with Crippen LogP contribution in [0.3, 0.4) is 0 Å². The van der Waals surface area contributed by atoms with Gasteiger partial charge in [0.2, 0.25) is 0 Å². The molecular weight excluding hydrogens is 680 g/mol. The van der Waals surface area contributed by atoms with Gasteiger partial charge in [-0.05, 0) is 56.8 Å². The standard InChI is InChI=1S/C37H44F4N8O3/c1-47(21-36(22-52-2)9-3-4-10-36)29-18-28(24-16-26(37(39,40)41)31(42-19-24)23-7-8-23)44-34-32(29)45-33(46-34)25-17-27(38)35(43-20-25)49-14-12-48(13-15-49)11-5-6-30(50)51/h16-20,23H,3-15,21-22H2,1-2H3,(H,50,51)(H,44,45,46). The first-order chi connectivity index (χ1) is 24.9. The average molecular weight is 725 g/mol. The van der Waals surface area contributed by atoms with Gasteiger partial charge in [-0.2, -0.15) is 13.2 Å². The lowest BCUT2D eigenvalue weighted by molar-refractivity contribution is -0.139. The number of pyridine rings is 3. The van der Waals surface area contributed by atoms with E-state index >= 15 is 4.39 Å². The number of aromatic amines is 1. The van der Waals surface area contributed by atoms with Crippen LogP contribution in [0.25, 0.3) is 33.8 Å². The van der Waals surface area contributed by atoms with E-state index in [-0.39, 0.29) is 40.5 Å². The first kappa shape index (κ1) is 36.0. The molecule has 2 N–H and O–H groups in total. The number of alkyl halides is 3. The Bertz CT molecular complexity index is 1920. The average Bonchev–Trinajstić information content (AvgIpc) is 3.71. The zero-order valence-electron chi connectivity index (χ0n) is 29.5. The summed E-state index contributed by atoms with van der Waals surface area (Å²) in [5.74, 6) is -0.938. The van der Waals surface area contributed by atoms with Gasteiger partial charge in [-0.15, -0.1) is 0 Å². The maximum absolute atomic E-state index is 15.7. The van der Waals surface area contributed by atoms with E-state index in [0.717, 1.165) is 31.7 Å². The molecule has 4 aromatic rings. The molecule has 11 nitrogen and oxygen atoms in total. The Kier molecular flexibility index (Phi) is 10.1. The molecule has 0 unspecified atom stereocenters. The summed E-state index contributed by atoms with van der Waals surface area (Å²) in [6, 6.07) is 4.30. The lowest BCUT2D eigenvalue weighted by Gasteiger charge is -2.35. The van der Waals surface area contributed by atoms with E-state index < -0.39 is 23.5 Å². The Morgan fingerprint density at radius 1 is 1.06 bits per heavy atom. The number of carbonyl (C=O) groups is 1. The molecule has 0 atom stereocenters. The number of rotatable bonds is 13. The molecule has 3 aliphatic rings. The van der Waals surface area contributed by atoms with Gasteiger partial charge in [0.25, 0.3) is 0 Å². The molecule has 2 saturated carbocycles. The number of imidazole rings is 1. The number of methoxy groups -OCH3 is 1. The number of hydrogen-bond acceptors (Lipinski definition) is 9. The zero-order valence-corrected chi connectivity index (χ0v) is 29.5. The van der Waals surface area contributed by atoms with Crippen LogP contribution in [-0.2, 0) is 15.7 Å². The molecule has 2 aliphatic carbocycles. The smallest absolute Gasteiger partial charge is 0.418 e. The highest BCUT2D eigenvalue weighted by atomic mass is 19.4. The molecule has 1 aliphatic heterocycles. The first-order valence-corrected chi connectivity index (χ1v) is 18.0. The molecule has 0 aromatic carbocycles. The molecule has 0 bridgehead atoms. The van der Waals surface area contributed by atoms with Gasteiger partial charge in [-0.1, -0.05) is 12.8 Å². The third-order valence-electron chi connectivity index (χ3n) is 10.7. The third-order valence-corrected chi connectivity index (χ3v) is 10.7. The van der Waals surface area contributed by atoms with Crippen molar-refractivity contribution in [2.75, 3.05) is 69.8 Å². The number of aromatic nitrogens is 5. The van der Waals surface area contributed by atoms with Crippen molar-refractivity contribution in [2.24, 2.45) is 5.41 Å². The summed E-state index contributed by atoms with van der Waals surface area (Å²) in [6.45, 7) is 4.37. The Balaban J connectivity index is 1.21. The van der Waals surface area contributed by atoms with Crippen LogP contribution in [-0.4, -0.2) is 101 Å². The van der Waals surface area contributed by atoms with Crippen molar-refractivity contribution in [2.45, 2.75) is 63.5 Å². The van der Waals surface area contributed by atoms with Crippen LogP contribution >= 0.6 is 0 Å². The Hall–Kier alpha value is -4.37. The van der Waals surface area contributed by atoms with Crippen molar-refractivity contribution >= 4 is 28.6 Å². The lowest BCUT2D eigenvalue weighted by Crippen LogP contribution is -2.47. The number of aliphatic carboxylic acids is 1. The molecule has 0 spiro atoms. The Labute approximate surface area is 299 Å². The van der Waals surface area contributed by atoms with Gasteiger partial charge >= 0.3 is 12.1 Å². The highest BCUT2D eigenvalue weighted by molar-refractivity contribution is 5.91. The Morgan fingerprint density at radius 3 is 2.44 bits per heavy atom.